The first-order valence-electron chi connectivity index (χ1n) is 7.42. The van der Waals surface area contributed by atoms with Crippen molar-refractivity contribution in [1.82, 2.24) is 20.1 Å². The van der Waals surface area contributed by atoms with Gasteiger partial charge in [0.2, 0.25) is 0 Å². The van der Waals surface area contributed by atoms with E-state index >= 15 is 0 Å². The molecule has 0 atom stereocenters. The number of pyridine rings is 1. The third kappa shape index (κ3) is 5.37. The number of carbonyl (C=O) groups excluding carboxylic acids is 1. The number of aliphatic hydroxyl groups excluding tert-OH is 1. The van der Waals surface area contributed by atoms with Crippen LogP contribution in [0, 0.1) is 0 Å². The number of aliphatic hydroxyl groups is 1. The van der Waals surface area contributed by atoms with Crippen molar-refractivity contribution >= 4 is 6.09 Å². The molecule has 2 heterocycles. The van der Waals surface area contributed by atoms with Crippen molar-refractivity contribution in [3.05, 3.63) is 36.4 Å². The summed E-state index contributed by atoms with van der Waals surface area (Å²) >= 11 is 0. The molecule has 0 bridgehead atoms. The van der Waals surface area contributed by atoms with Crippen LogP contribution >= 0.6 is 0 Å². The molecule has 0 radical (unpaired) electrons. The van der Waals surface area contributed by atoms with Gasteiger partial charge in [-0.1, -0.05) is 0 Å². The van der Waals surface area contributed by atoms with Crippen LogP contribution in [0.2, 0.25) is 0 Å². The van der Waals surface area contributed by atoms with Crippen LogP contribution in [0.4, 0.5) is 4.79 Å². The van der Waals surface area contributed by atoms with Gasteiger partial charge in [0.25, 0.3) is 0 Å². The lowest BCUT2D eigenvalue weighted by Crippen LogP contribution is -2.34. The van der Waals surface area contributed by atoms with Gasteiger partial charge in [-0.25, -0.2) is 4.79 Å². The molecule has 7 nitrogen and oxygen atoms in total. The van der Waals surface area contributed by atoms with E-state index in [1.165, 1.54) is 0 Å². The van der Waals surface area contributed by atoms with Gasteiger partial charge in [-0.15, -0.1) is 0 Å². The fraction of sp³-hybridized carbons (Fsp3) is 0.438. The van der Waals surface area contributed by atoms with Gasteiger partial charge in [0, 0.05) is 36.3 Å². The zero-order valence-electron chi connectivity index (χ0n) is 13.6. The Kier molecular flexibility index (Phi) is 5.33. The van der Waals surface area contributed by atoms with Gasteiger partial charge in [0.15, 0.2) is 0 Å². The van der Waals surface area contributed by atoms with Crippen LogP contribution in [0.5, 0.6) is 0 Å². The zero-order chi connectivity index (χ0) is 16.9. The summed E-state index contributed by atoms with van der Waals surface area (Å²) in [6, 6.07) is 1.87. The number of nitrogens with zero attached hydrogens (tertiary/aromatic N) is 3. The van der Waals surface area contributed by atoms with Gasteiger partial charge in [-0.2, -0.15) is 5.10 Å². The Morgan fingerprint density at radius 3 is 2.78 bits per heavy atom. The molecule has 124 valence electrons. The highest BCUT2D eigenvalue weighted by Crippen LogP contribution is 2.18. The average molecular weight is 318 g/mol. The lowest BCUT2D eigenvalue weighted by Gasteiger charge is -2.19. The van der Waals surface area contributed by atoms with Crippen LogP contribution in [0.25, 0.3) is 11.1 Å². The average Bonchev–Trinajstić information content (AvgIpc) is 2.94. The van der Waals surface area contributed by atoms with E-state index in [9.17, 15) is 4.79 Å². The summed E-state index contributed by atoms with van der Waals surface area (Å²) in [6.45, 7) is 6.37. The molecule has 2 N–H and O–H groups in total. The highest BCUT2D eigenvalue weighted by Gasteiger charge is 2.15. The van der Waals surface area contributed by atoms with E-state index in [1.54, 1.807) is 23.3 Å². The van der Waals surface area contributed by atoms with E-state index in [-0.39, 0.29) is 6.61 Å². The molecule has 0 aliphatic rings. The second-order valence-corrected chi connectivity index (χ2v) is 6.16. The first kappa shape index (κ1) is 17.0. The first-order valence-corrected chi connectivity index (χ1v) is 7.42. The van der Waals surface area contributed by atoms with Gasteiger partial charge >= 0.3 is 6.09 Å². The largest absolute Gasteiger partial charge is 0.444 e. The van der Waals surface area contributed by atoms with Gasteiger partial charge in [-0.05, 0) is 32.4 Å². The zero-order valence-corrected chi connectivity index (χ0v) is 13.6. The van der Waals surface area contributed by atoms with Crippen molar-refractivity contribution in [3.8, 4) is 11.1 Å². The first-order chi connectivity index (χ1) is 10.9. The van der Waals surface area contributed by atoms with Gasteiger partial charge in [-0.3, -0.25) is 9.67 Å². The molecular weight excluding hydrogens is 296 g/mol. The minimum Gasteiger partial charge on any atom is -0.444 e. The Balaban J connectivity index is 1.89. The smallest absolute Gasteiger partial charge is 0.407 e. The van der Waals surface area contributed by atoms with E-state index in [2.05, 4.69) is 15.4 Å². The summed E-state index contributed by atoms with van der Waals surface area (Å²) < 4.78 is 6.90. The summed E-state index contributed by atoms with van der Waals surface area (Å²) in [5, 5.41) is 16.1. The summed E-state index contributed by atoms with van der Waals surface area (Å²) in [5.41, 5.74) is 2.04. The number of nitrogens with one attached hydrogen (secondary N) is 1. The van der Waals surface area contributed by atoms with E-state index < -0.39 is 11.7 Å². The van der Waals surface area contributed by atoms with Crippen molar-refractivity contribution < 1.29 is 14.6 Å². The molecule has 2 aromatic heterocycles. The van der Waals surface area contributed by atoms with E-state index in [4.69, 9.17) is 9.84 Å². The molecule has 7 heteroatoms. The number of carbonyl (C=O) groups is 1. The minimum atomic E-state index is -0.506. The van der Waals surface area contributed by atoms with E-state index in [1.807, 2.05) is 33.0 Å². The quantitative estimate of drug-likeness (QED) is 0.879. The highest BCUT2D eigenvalue weighted by molar-refractivity contribution is 5.67. The molecule has 0 saturated carbocycles. The number of aromatic nitrogens is 3. The highest BCUT2D eigenvalue weighted by atomic mass is 16.6. The third-order valence-electron chi connectivity index (χ3n) is 2.95. The van der Waals surface area contributed by atoms with Crippen molar-refractivity contribution in [2.45, 2.75) is 39.5 Å². The molecule has 0 aliphatic heterocycles. The van der Waals surface area contributed by atoms with E-state index in [0.717, 1.165) is 16.7 Å². The Morgan fingerprint density at radius 2 is 2.09 bits per heavy atom. The SMILES string of the molecule is CC(C)(C)OC(=O)NCCn1cc(-c2cncc(CO)c2)cn1. The van der Waals surface area contributed by atoms with Crippen LogP contribution in [-0.2, 0) is 17.9 Å². The third-order valence-corrected chi connectivity index (χ3v) is 2.95. The Morgan fingerprint density at radius 1 is 1.30 bits per heavy atom. The van der Waals surface area contributed by atoms with Gasteiger partial charge in [0.1, 0.15) is 5.60 Å². The normalized spacial score (nSPS) is 11.3. The molecule has 0 aromatic carbocycles. The molecule has 0 fully saturated rings. The van der Waals surface area contributed by atoms with Crippen molar-refractivity contribution in [2.75, 3.05) is 6.54 Å². The second-order valence-electron chi connectivity index (χ2n) is 6.16. The molecule has 0 unspecified atom stereocenters. The topological polar surface area (TPSA) is 89.3 Å². The Labute approximate surface area is 135 Å². The van der Waals surface area contributed by atoms with E-state index in [0.29, 0.717) is 13.1 Å². The molecule has 0 saturated heterocycles. The van der Waals surface area contributed by atoms with Crippen LogP contribution in [0.3, 0.4) is 0 Å². The standard InChI is InChI=1S/C16H22N4O3/c1-16(2,3)23-15(22)18-4-5-20-10-14(9-19-20)13-6-12(11-21)7-17-8-13/h6-10,21H,4-5,11H2,1-3H3,(H,18,22). The maximum Gasteiger partial charge on any atom is 0.407 e. The maximum atomic E-state index is 11.6. The predicted molar refractivity (Wildman–Crippen MR) is 85.6 cm³/mol. The number of ether oxygens (including phenoxy) is 1. The molecule has 1 amide bonds. The van der Waals surface area contributed by atoms with Crippen LogP contribution in [0.1, 0.15) is 26.3 Å². The molecule has 0 spiro atoms. The Bertz CT molecular complexity index is 661. The van der Waals surface area contributed by atoms with Crippen molar-refractivity contribution in [3.63, 3.8) is 0 Å². The van der Waals surface area contributed by atoms with Crippen LogP contribution in [0.15, 0.2) is 30.9 Å². The number of rotatable bonds is 5. The van der Waals surface area contributed by atoms with Gasteiger partial charge < -0.3 is 15.2 Å². The Hall–Kier alpha value is -2.41. The summed E-state index contributed by atoms with van der Waals surface area (Å²) in [5.74, 6) is 0. The molecule has 2 rings (SSSR count). The second kappa shape index (κ2) is 7.23. The maximum absolute atomic E-state index is 11.6. The summed E-state index contributed by atoms with van der Waals surface area (Å²) in [7, 11) is 0. The lowest BCUT2D eigenvalue weighted by molar-refractivity contribution is 0.0525. The monoisotopic (exact) mass is 318 g/mol. The fourth-order valence-corrected chi connectivity index (χ4v) is 1.95. The van der Waals surface area contributed by atoms with Gasteiger partial charge in [0.05, 0.1) is 19.3 Å². The van der Waals surface area contributed by atoms with Crippen molar-refractivity contribution in [1.29, 1.82) is 0 Å². The number of hydrogen-bond donors (Lipinski definition) is 2. The summed E-state index contributed by atoms with van der Waals surface area (Å²) in [4.78, 5) is 15.6. The fourth-order valence-electron chi connectivity index (χ4n) is 1.95. The minimum absolute atomic E-state index is 0.0468. The number of alkyl carbamates (subject to hydrolysis) is 1. The molecular formula is C16H22N4O3. The van der Waals surface area contributed by atoms with Crippen molar-refractivity contribution in [2.24, 2.45) is 0 Å². The number of hydrogen-bond acceptors (Lipinski definition) is 5. The molecule has 23 heavy (non-hydrogen) atoms. The molecule has 2 aromatic rings. The predicted octanol–water partition coefficient (Wildman–Crippen LogP) is 1.96. The number of amides is 1. The summed E-state index contributed by atoms with van der Waals surface area (Å²) in [6.07, 6.45) is 6.50. The van der Waals surface area contributed by atoms with Crippen LogP contribution in [-0.4, -0.2) is 38.1 Å². The van der Waals surface area contributed by atoms with Crippen LogP contribution < -0.4 is 5.32 Å². The lowest BCUT2D eigenvalue weighted by atomic mass is 10.1. The molecule has 0 aliphatic carbocycles.